The zero-order chi connectivity index (χ0) is 12.2. The second-order valence-electron chi connectivity index (χ2n) is 3.23. The highest BCUT2D eigenvalue weighted by atomic mass is 79.9. The van der Waals surface area contributed by atoms with Crippen molar-refractivity contribution in [3.63, 3.8) is 0 Å². The van der Waals surface area contributed by atoms with E-state index in [4.69, 9.17) is 5.26 Å². The van der Waals surface area contributed by atoms with Gasteiger partial charge in [-0.3, -0.25) is 4.72 Å². The number of halogens is 1. The molecule has 0 atom stereocenters. The summed E-state index contributed by atoms with van der Waals surface area (Å²) in [6, 6.07) is 6.68. The molecule has 0 saturated carbocycles. The molecule has 0 spiro atoms. The minimum Gasteiger partial charge on any atom is -0.282 e. The summed E-state index contributed by atoms with van der Waals surface area (Å²) in [7, 11) is -3.29. The summed E-state index contributed by atoms with van der Waals surface area (Å²) in [6.45, 7) is 1.80. The molecule has 0 radical (unpaired) electrons. The largest absolute Gasteiger partial charge is 0.282 e. The molecular formula is C10H11BrN2O2S. The van der Waals surface area contributed by atoms with Gasteiger partial charge in [-0.1, -0.05) is 6.92 Å². The number of benzene rings is 1. The molecule has 1 aromatic carbocycles. The first kappa shape index (κ1) is 13.0. The van der Waals surface area contributed by atoms with Crippen molar-refractivity contribution in [2.45, 2.75) is 13.3 Å². The Hall–Kier alpha value is -1.06. The molecule has 0 aliphatic carbocycles. The van der Waals surface area contributed by atoms with E-state index in [0.29, 0.717) is 22.1 Å². The van der Waals surface area contributed by atoms with Crippen molar-refractivity contribution in [3.8, 4) is 6.07 Å². The lowest BCUT2D eigenvalue weighted by Crippen LogP contribution is -2.16. The number of nitrogens with zero attached hydrogens (tertiary/aromatic N) is 1. The van der Waals surface area contributed by atoms with Crippen molar-refractivity contribution in [2.75, 3.05) is 10.5 Å². The van der Waals surface area contributed by atoms with E-state index in [0.717, 1.165) is 0 Å². The van der Waals surface area contributed by atoms with Crippen LogP contribution in [0, 0.1) is 11.3 Å². The van der Waals surface area contributed by atoms with E-state index >= 15 is 0 Å². The Morgan fingerprint density at radius 2 is 2.19 bits per heavy atom. The molecule has 4 nitrogen and oxygen atoms in total. The first-order valence-electron chi connectivity index (χ1n) is 4.68. The number of nitrogens with one attached hydrogen (secondary N) is 1. The van der Waals surface area contributed by atoms with Crippen molar-refractivity contribution in [1.82, 2.24) is 0 Å². The number of hydrogen-bond donors (Lipinski definition) is 1. The van der Waals surface area contributed by atoms with Crippen LogP contribution in [0.2, 0.25) is 0 Å². The molecule has 86 valence electrons. The van der Waals surface area contributed by atoms with Crippen LogP contribution in [0.4, 0.5) is 5.69 Å². The Labute approximate surface area is 103 Å². The smallest absolute Gasteiger partial charge is 0.232 e. The Morgan fingerprint density at radius 1 is 1.50 bits per heavy atom. The van der Waals surface area contributed by atoms with Gasteiger partial charge < -0.3 is 0 Å². The Balaban J connectivity index is 2.96. The van der Waals surface area contributed by atoms with Crippen molar-refractivity contribution < 1.29 is 8.42 Å². The molecule has 0 heterocycles. The highest BCUT2D eigenvalue weighted by Gasteiger charge is 2.11. The SMILES string of the molecule is CCCS(=O)(=O)Nc1ccc(C#N)cc1Br. The van der Waals surface area contributed by atoms with E-state index < -0.39 is 10.0 Å². The van der Waals surface area contributed by atoms with Crippen LogP contribution in [0.3, 0.4) is 0 Å². The second kappa shape index (κ2) is 5.32. The molecule has 1 aromatic rings. The van der Waals surface area contributed by atoms with Crippen LogP contribution in [0.1, 0.15) is 18.9 Å². The number of sulfonamides is 1. The van der Waals surface area contributed by atoms with Gasteiger partial charge in [0.1, 0.15) is 0 Å². The van der Waals surface area contributed by atoms with Crippen LogP contribution in [0.15, 0.2) is 22.7 Å². The van der Waals surface area contributed by atoms with Crippen molar-refractivity contribution in [2.24, 2.45) is 0 Å². The molecule has 0 saturated heterocycles. The van der Waals surface area contributed by atoms with Gasteiger partial charge in [-0.25, -0.2) is 8.42 Å². The lowest BCUT2D eigenvalue weighted by atomic mass is 10.2. The van der Waals surface area contributed by atoms with E-state index in [1.807, 2.05) is 6.07 Å². The minimum atomic E-state index is -3.29. The normalized spacial score (nSPS) is 10.8. The van der Waals surface area contributed by atoms with Crippen LogP contribution >= 0.6 is 15.9 Å². The van der Waals surface area contributed by atoms with Crippen LogP contribution < -0.4 is 4.72 Å². The van der Waals surface area contributed by atoms with Crippen molar-refractivity contribution in [1.29, 1.82) is 5.26 Å². The van der Waals surface area contributed by atoms with E-state index in [9.17, 15) is 8.42 Å². The number of hydrogen-bond acceptors (Lipinski definition) is 3. The van der Waals surface area contributed by atoms with Gasteiger partial charge in [0.2, 0.25) is 10.0 Å². The van der Waals surface area contributed by atoms with Gasteiger partial charge in [-0.2, -0.15) is 5.26 Å². The molecule has 0 bridgehead atoms. The molecule has 0 amide bonds. The standard InChI is InChI=1S/C10H11BrN2O2S/c1-2-5-16(14,15)13-10-4-3-8(7-12)6-9(10)11/h3-4,6,13H,2,5H2,1H3. The minimum absolute atomic E-state index is 0.0828. The molecule has 0 aromatic heterocycles. The van der Waals surface area contributed by atoms with Gasteiger partial charge in [-0.05, 0) is 40.5 Å². The predicted octanol–water partition coefficient (Wildman–Crippen LogP) is 2.47. The summed E-state index contributed by atoms with van der Waals surface area (Å²) in [6.07, 6.45) is 0.559. The average molecular weight is 303 g/mol. The average Bonchev–Trinajstić information content (AvgIpc) is 2.20. The van der Waals surface area contributed by atoms with Gasteiger partial charge >= 0.3 is 0 Å². The first-order chi connectivity index (χ1) is 7.48. The van der Waals surface area contributed by atoms with Crippen molar-refractivity contribution >= 4 is 31.6 Å². The molecule has 6 heteroatoms. The van der Waals surface area contributed by atoms with Gasteiger partial charge in [0, 0.05) is 4.47 Å². The summed E-state index contributed by atoms with van der Waals surface area (Å²) >= 11 is 3.21. The zero-order valence-electron chi connectivity index (χ0n) is 8.70. The number of nitriles is 1. The summed E-state index contributed by atoms with van der Waals surface area (Å²) in [5.74, 6) is 0.0828. The maximum absolute atomic E-state index is 11.5. The summed E-state index contributed by atoms with van der Waals surface area (Å²) < 4.78 is 26.0. The lowest BCUT2D eigenvalue weighted by molar-refractivity contribution is 0.600. The first-order valence-corrected chi connectivity index (χ1v) is 7.13. The number of rotatable bonds is 4. The maximum Gasteiger partial charge on any atom is 0.232 e. The molecular weight excluding hydrogens is 292 g/mol. The molecule has 0 aliphatic rings. The third-order valence-corrected chi connectivity index (χ3v) is 3.97. The monoisotopic (exact) mass is 302 g/mol. The summed E-state index contributed by atoms with van der Waals surface area (Å²) in [4.78, 5) is 0. The zero-order valence-corrected chi connectivity index (χ0v) is 11.1. The molecule has 1 N–H and O–H groups in total. The van der Waals surface area contributed by atoms with E-state index in [2.05, 4.69) is 20.7 Å². The molecule has 0 unspecified atom stereocenters. The molecule has 16 heavy (non-hydrogen) atoms. The highest BCUT2D eigenvalue weighted by Crippen LogP contribution is 2.24. The van der Waals surface area contributed by atoms with E-state index in [1.54, 1.807) is 25.1 Å². The van der Waals surface area contributed by atoms with Crippen LogP contribution in [-0.2, 0) is 10.0 Å². The van der Waals surface area contributed by atoms with Crippen molar-refractivity contribution in [3.05, 3.63) is 28.2 Å². The fourth-order valence-corrected chi connectivity index (χ4v) is 2.92. The molecule has 0 aliphatic heterocycles. The van der Waals surface area contributed by atoms with E-state index in [-0.39, 0.29) is 5.75 Å². The third-order valence-electron chi connectivity index (χ3n) is 1.84. The fraction of sp³-hybridized carbons (Fsp3) is 0.300. The van der Waals surface area contributed by atoms with Crippen LogP contribution in [-0.4, -0.2) is 14.2 Å². The fourth-order valence-electron chi connectivity index (χ4n) is 1.15. The highest BCUT2D eigenvalue weighted by molar-refractivity contribution is 9.10. The third kappa shape index (κ3) is 3.51. The lowest BCUT2D eigenvalue weighted by Gasteiger charge is -2.08. The van der Waals surface area contributed by atoms with Crippen LogP contribution in [0.25, 0.3) is 0 Å². The van der Waals surface area contributed by atoms with Crippen LogP contribution in [0.5, 0.6) is 0 Å². The summed E-state index contributed by atoms with van der Waals surface area (Å²) in [5, 5.41) is 8.66. The quantitative estimate of drug-likeness (QED) is 0.929. The Morgan fingerprint density at radius 3 is 2.69 bits per heavy atom. The molecule has 1 rings (SSSR count). The molecule has 0 fully saturated rings. The van der Waals surface area contributed by atoms with Gasteiger partial charge in [0.15, 0.2) is 0 Å². The maximum atomic E-state index is 11.5. The Kier molecular flexibility index (Phi) is 4.33. The van der Waals surface area contributed by atoms with Gasteiger partial charge in [-0.15, -0.1) is 0 Å². The van der Waals surface area contributed by atoms with Gasteiger partial charge in [0.05, 0.1) is 23.1 Å². The topological polar surface area (TPSA) is 70.0 Å². The number of anilines is 1. The second-order valence-corrected chi connectivity index (χ2v) is 5.92. The van der Waals surface area contributed by atoms with E-state index in [1.165, 1.54) is 0 Å². The summed E-state index contributed by atoms with van der Waals surface area (Å²) in [5.41, 5.74) is 0.928. The Bertz CT molecular complexity index is 520. The predicted molar refractivity (Wildman–Crippen MR) is 66.6 cm³/mol. The van der Waals surface area contributed by atoms with Gasteiger partial charge in [0.25, 0.3) is 0 Å².